The van der Waals surface area contributed by atoms with E-state index < -0.39 is 0 Å². The van der Waals surface area contributed by atoms with Crippen LogP contribution < -0.4 is 5.73 Å². The highest BCUT2D eigenvalue weighted by Gasteiger charge is 2.35. The van der Waals surface area contributed by atoms with Crippen LogP contribution in [0.1, 0.15) is 51.9 Å². The molecule has 0 aromatic rings. The fourth-order valence-electron chi connectivity index (χ4n) is 3.42. The maximum Gasteiger partial charge on any atom is 0.0139 e. The molecule has 2 heteroatoms. The molecule has 0 amide bonds. The zero-order valence-electron chi connectivity index (χ0n) is 10.2. The van der Waals surface area contributed by atoms with Gasteiger partial charge in [-0.25, -0.2) is 0 Å². The largest absolute Gasteiger partial charge is 0.327 e. The van der Waals surface area contributed by atoms with E-state index in [9.17, 15) is 0 Å². The molecule has 2 aliphatic rings. The van der Waals surface area contributed by atoms with Crippen molar-refractivity contribution in [2.45, 2.75) is 57.9 Å². The summed E-state index contributed by atoms with van der Waals surface area (Å²) in [5.41, 5.74) is 6.59. The molecule has 0 aromatic carbocycles. The van der Waals surface area contributed by atoms with E-state index in [-0.39, 0.29) is 0 Å². The number of nitrogens with zero attached hydrogens (tertiary/aromatic N) is 1. The van der Waals surface area contributed by atoms with Crippen molar-refractivity contribution in [3.63, 3.8) is 0 Å². The Morgan fingerprint density at radius 3 is 2.20 bits per heavy atom. The Kier molecular flexibility index (Phi) is 3.68. The first-order valence-electron chi connectivity index (χ1n) is 6.68. The van der Waals surface area contributed by atoms with E-state index >= 15 is 0 Å². The third-order valence-electron chi connectivity index (χ3n) is 4.38. The van der Waals surface area contributed by atoms with Crippen molar-refractivity contribution >= 4 is 0 Å². The van der Waals surface area contributed by atoms with Crippen LogP contribution in [0, 0.1) is 5.41 Å². The second-order valence-electron chi connectivity index (χ2n) is 5.84. The molecule has 1 saturated carbocycles. The van der Waals surface area contributed by atoms with Crippen LogP contribution in [0.4, 0.5) is 0 Å². The van der Waals surface area contributed by atoms with E-state index in [4.69, 9.17) is 5.73 Å². The Morgan fingerprint density at radius 2 is 1.67 bits per heavy atom. The van der Waals surface area contributed by atoms with Gasteiger partial charge >= 0.3 is 0 Å². The Bertz CT molecular complexity index is 185. The summed E-state index contributed by atoms with van der Waals surface area (Å²) in [6.45, 7) is 5.80. The van der Waals surface area contributed by atoms with Crippen LogP contribution in [-0.2, 0) is 0 Å². The monoisotopic (exact) mass is 210 g/mol. The minimum Gasteiger partial charge on any atom is -0.327 e. The molecule has 1 spiro atoms. The molecule has 2 N–H and O–H groups in total. The lowest BCUT2D eigenvalue weighted by atomic mass is 9.68. The van der Waals surface area contributed by atoms with E-state index in [1.54, 1.807) is 0 Å². The molecule has 1 aliphatic heterocycles. The van der Waals surface area contributed by atoms with E-state index in [1.165, 1.54) is 58.0 Å². The van der Waals surface area contributed by atoms with Gasteiger partial charge in [0.25, 0.3) is 0 Å². The van der Waals surface area contributed by atoms with Gasteiger partial charge < -0.3 is 10.6 Å². The van der Waals surface area contributed by atoms with Crippen molar-refractivity contribution in [1.29, 1.82) is 0 Å². The zero-order chi connectivity index (χ0) is 10.7. The fourth-order valence-corrected chi connectivity index (χ4v) is 3.42. The van der Waals surface area contributed by atoms with Crippen LogP contribution >= 0.6 is 0 Å². The van der Waals surface area contributed by atoms with Crippen LogP contribution in [0.2, 0.25) is 0 Å². The highest BCUT2D eigenvalue weighted by molar-refractivity contribution is 4.88. The second-order valence-corrected chi connectivity index (χ2v) is 5.84. The molecule has 1 heterocycles. The van der Waals surface area contributed by atoms with Crippen molar-refractivity contribution in [3.05, 3.63) is 0 Å². The van der Waals surface area contributed by atoms with Crippen molar-refractivity contribution < 1.29 is 0 Å². The summed E-state index contributed by atoms with van der Waals surface area (Å²) < 4.78 is 0. The Labute approximate surface area is 94.2 Å². The van der Waals surface area contributed by atoms with Gasteiger partial charge in [-0.1, -0.05) is 19.3 Å². The number of likely N-dealkylation sites (tertiary alicyclic amines) is 1. The van der Waals surface area contributed by atoms with Crippen molar-refractivity contribution in [1.82, 2.24) is 4.90 Å². The van der Waals surface area contributed by atoms with E-state index in [1.807, 2.05) is 0 Å². The summed E-state index contributed by atoms with van der Waals surface area (Å²) >= 11 is 0. The molecule has 15 heavy (non-hydrogen) atoms. The third kappa shape index (κ3) is 2.94. The predicted molar refractivity (Wildman–Crippen MR) is 64.8 cm³/mol. The minimum absolute atomic E-state index is 0.338. The van der Waals surface area contributed by atoms with Crippen LogP contribution in [0.3, 0.4) is 0 Å². The lowest BCUT2D eigenvalue weighted by molar-refractivity contribution is 0.0657. The maximum atomic E-state index is 5.85. The van der Waals surface area contributed by atoms with Gasteiger partial charge in [0.05, 0.1) is 0 Å². The smallest absolute Gasteiger partial charge is 0.0139 e. The number of hydrogen-bond donors (Lipinski definition) is 1. The topological polar surface area (TPSA) is 29.3 Å². The van der Waals surface area contributed by atoms with Crippen molar-refractivity contribution in [2.75, 3.05) is 19.6 Å². The van der Waals surface area contributed by atoms with Gasteiger partial charge in [-0.15, -0.1) is 0 Å². The first kappa shape index (κ1) is 11.4. The van der Waals surface area contributed by atoms with Crippen LogP contribution in [0.15, 0.2) is 0 Å². The van der Waals surface area contributed by atoms with Gasteiger partial charge in [-0.05, 0) is 51.1 Å². The number of rotatable bonds is 2. The number of hydrogen-bond acceptors (Lipinski definition) is 2. The third-order valence-corrected chi connectivity index (χ3v) is 4.38. The predicted octanol–water partition coefficient (Wildman–Crippen LogP) is 2.38. The molecule has 2 nitrogen and oxygen atoms in total. The van der Waals surface area contributed by atoms with Gasteiger partial charge in [-0.2, -0.15) is 0 Å². The maximum absolute atomic E-state index is 5.85. The van der Waals surface area contributed by atoms with Crippen molar-refractivity contribution in [3.8, 4) is 0 Å². The zero-order valence-corrected chi connectivity index (χ0v) is 10.2. The van der Waals surface area contributed by atoms with Gasteiger partial charge in [0, 0.05) is 12.6 Å². The molecule has 0 bridgehead atoms. The van der Waals surface area contributed by atoms with Crippen molar-refractivity contribution in [2.24, 2.45) is 11.1 Å². The molecule has 1 saturated heterocycles. The second kappa shape index (κ2) is 4.84. The SMILES string of the molecule is CC(N)CN1CCC2(CCCCC2)CC1. The lowest BCUT2D eigenvalue weighted by Crippen LogP contribution is -2.44. The Morgan fingerprint density at radius 1 is 1.07 bits per heavy atom. The summed E-state index contributed by atoms with van der Waals surface area (Å²) in [7, 11) is 0. The highest BCUT2D eigenvalue weighted by atomic mass is 15.1. The normalized spacial score (nSPS) is 29.2. The Balaban J connectivity index is 1.80. The Hall–Kier alpha value is -0.0800. The van der Waals surface area contributed by atoms with Crippen LogP contribution in [0.25, 0.3) is 0 Å². The molecular formula is C13H26N2. The molecule has 0 aromatic heterocycles. The molecule has 1 atom stereocenters. The minimum atomic E-state index is 0.338. The number of nitrogens with two attached hydrogens (primary N) is 1. The summed E-state index contributed by atoms with van der Waals surface area (Å²) in [6, 6.07) is 0.338. The summed E-state index contributed by atoms with van der Waals surface area (Å²) in [5.74, 6) is 0. The first-order valence-corrected chi connectivity index (χ1v) is 6.68. The molecule has 2 fully saturated rings. The standard InChI is InChI=1S/C13H26N2/c1-12(14)11-15-9-7-13(8-10-15)5-3-2-4-6-13/h12H,2-11,14H2,1H3. The quantitative estimate of drug-likeness (QED) is 0.758. The average Bonchev–Trinajstić information content (AvgIpc) is 2.23. The molecule has 1 aliphatic carbocycles. The van der Waals surface area contributed by atoms with Gasteiger partial charge in [0.2, 0.25) is 0 Å². The average molecular weight is 210 g/mol. The van der Waals surface area contributed by atoms with Gasteiger partial charge in [0.15, 0.2) is 0 Å². The number of piperidine rings is 1. The van der Waals surface area contributed by atoms with Crippen LogP contribution in [0.5, 0.6) is 0 Å². The summed E-state index contributed by atoms with van der Waals surface area (Å²) in [5, 5.41) is 0. The van der Waals surface area contributed by atoms with E-state index in [2.05, 4.69) is 11.8 Å². The fraction of sp³-hybridized carbons (Fsp3) is 1.00. The van der Waals surface area contributed by atoms with Crippen LogP contribution in [-0.4, -0.2) is 30.6 Å². The highest BCUT2D eigenvalue weighted by Crippen LogP contribution is 2.44. The summed E-state index contributed by atoms with van der Waals surface area (Å²) in [4.78, 5) is 2.56. The van der Waals surface area contributed by atoms with E-state index in [0.717, 1.165) is 12.0 Å². The summed E-state index contributed by atoms with van der Waals surface area (Å²) in [6.07, 6.45) is 10.3. The molecule has 88 valence electrons. The van der Waals surface area contributed by atoms with Gasteiger partial charge in [0.1, 0.15) is 0 Å². The van der Waals surface area contributed by atoms with Gasteiger partial charge in [-0.3, -0.25) is 0 Å². The lowest BCUT2D eigenvalue weighted by Gasteiger charge is -2.44. The molecule has 2 rings (SSSR count). The molecule has 1 unspecified atom stereocenters. The van der Waals surface area contributed by atoms with E-state index in [0.29, 0.717) is 6.04 Å². The first-order chi connectivity index (χ1) is 7.20. The molecule has 0 radical (unpaired) electrons. The molecular weight excluding hydrogens is 184 g/mol.